The molecule has 19 heavy (non-hydrogen) atoms. The first-order valence-corrected chi connectivity index (χ1v) is 8.29. The maximum Gasteiger partial charge on any atom is 0.176 e. The SMILES string of the molecule is CCCc1ccc(C(=O)CN(C)C(C)CSC)cc1. The lowest BCUT2D eigenvalue weighted by atomic mass is 10.0. The molecular formula is C16H25NOS. The molecule has 3 heteroatoms. The largest absolute Gasteiger partial charge is 0.295 e. The van der Waals surface area contributed by atoms with Crippen molar-refractivity contribution in [3.8, 4) is 0 Å². The second-order valence-corrected chi connectivity index (χ2v) is 6.00. The number of benzene rings is 1. The first-order valence-electron chi connectivity index (χ1n) is 6.89. The summed E-state index contributed by atoms with van der Waals surface area (Å²) in [6.45, 7) is 4.82. The Kier molecular flexibility index (Phi) is 7.17. The van der Waals surface area contributed by atoms with Gasteiger partial charge in [-0.05, 0) is 32.2 Å². The Labute approximate surface area is 121 Å². The molecule has 1 atom stereocenters. The van der Waals surface area contributed by atoms with E-state index in [9.17, 15) is 4.79 Å². The van der Waals surface area contributed by atoms with E-state index in [0.29, 0.717) is 12.6 Å². The van der Waals surface area contributed by atoms with Crippen molar-refractivity contribution >= 4 is 17.5 Å². The van der Waals surface area contributed by atoms with Gasteiger partial charge in [-0.25, -0.2) is 0 Å². The quantitative estimate of drug-likeness (QED) is 0.679. The predicted octanol–water partition coefficient (Wildman–Crippen LogP) is 3.51. The molecule has 0 aliphatic heterocycles. The molecule has 0 N–H and O–H groups in total. The van der Waals surface area contributed by atoms with Crippen LogP contribution in [0.15, 0.2) is 24.3 Å². The van der Waals surface area contributed by atoms with Gasteiger partial charge in [0, 0.05) is 17.4 Å². The highest BCUT2D eigenvalue weighted by Crippen LogP contribution is 2.09. The van der Waals surface area contributed by atoms with Crippen LogP contribution in [0.1, 0.15) is 36.2 Å². The van der Waals surface area contributed by atoms with Crippen LogP contribution in [0.2, 0.25) is 0 Å². The van der Waals surface area contributed by atoms with Gasteiger partial charge in [-0.3, -0.25) is 9.69 Å². The molecule has 1 unspecified atom stereocenters. The fraction of sp³-hybridized carbons (Fsp3) is 0.562. The molecule has 0 saturated carbocycles. The van der Waals surface area contributed by atoms with E-state index in [2.05, 4.69) is 37.1 Å². The van der Waals surface area contributed by atoms with E-state index in [1.54, 1.807) is 0 Å². The van der Waals surface area contributed by atoms with Gasteiger partial charge in [0.2, 0.25) is 0 Å². The molecule has 2 nitrogen and oxygen atoms in total. The minimum atomic E-state index is 0.207. The molecule has 0 aliphatic carbocycles. The topological polar surface area (TPSA) is 20.3 Å². The Bertz CT molecular complexity index is 388. The average Bonchev–Trinajstić information content (AvgIpc) is 2.40. The summed E-state index contributed by atoms with van der Waals surface area (Å²) in [4.78, 5) is 14.3. The third kappa shape index (κ3) is 5.37. The maximum absolute atomic E-state index is 12.2. The van der Waals surface area contributed by atoms with Crippen molar-refractivity contribution in [2.24, 2.45) is 0 Å². The summed E-state index contributed by atoms with van der Waals surface area (Å²) in [6.07, 6.45) is 4.32. The van der Waals surface area contributed by atoms with Crippen LogP contribution in [0.25, 0.3) is 0 Å². The van der Waals surface area contributed by atoms with Gasteiger partial charge in [-0.1, -0.05) is 37.6 Å². The number of thioether (sulfide) groups is 1. The van der Waals surface area contributed by atoms with Gasteiger partial charge in [0.05, 0.1) is 6.54 Å². The molecular weight excluding hydrogens is 254 g/mol. The number of carbonyl (C=O) groups excluding carboxylic acids is 1. The lowest BCUT2D eigenvalue weighted by Crippen LogP contribution is -2.35. The third-order valence-corrected chi connectivity index (χ3v) is 4.18. The van der Waals surface area contributed by atoms with Gasteiger partial charge in [-0.2, -0.15) is 11.8 Å². The van der Waals surface area contributed by atoms with E-state index >= 15 is 0 Å². The summed E-state index contributed by atoms with van der Waals surface area (Å²) in [5.41, 5.74) is 2.13. The molecule has 0 heterocycles. The lowest BCUT2D eigenvalue weighted by molar-refractivity contribution is 0.0931. The van der Waals surface area contributed by atoms with Crippen LogP contribution in [0, 0.1) is 0 Å². The number of aryl methyl sites for hydroxylation is 1. The van der Waals surface area contributed by atoms with Crippen LogP contribution >= 0.6 is 11.8 Å². The molecule has 1 aromatic rings. The minimum absolute atomic E-state index is 0.207. The van der Waals surface area contributed by atoms with E-state index in [-0.39, 0.29) is 5.78 Å². The van der Waals surface area contributed by atoms with Crippen LogP contribution < -0.4 is 0 Å². The Morgan fingerprint density at radius 3 is 2.47 bits per heavy atom. The van der Waals surface area contributed by atoms with Gasteiger partial charge in [0.15, 0.2) is 5.78 Å². The fourth-order valence-electron chi connectivity index (χ4n) is 1.99. The zero-order chi connectivity index (χ0) is 14.3. The van der Waals surface area contributed by atoms with E-state index in [4.69, 9.17) is 0 Å². The normalized spacial score (nSPS) is 12.7. The fourth-order valence-corrected chi connectivity index (χ4v) is 2.72. The molecule has 0 aliphatic rings. The summed E-state index contributed by atoms with van der Waals surface area (Å²) in [6, 6.07) is 8.49. The molecule has 0 spiro atoms. The molecule has 0 bridgehead atoms. The second kappa shape index (κ2) is 8.39. The van der Waals surface area contributed by atoms with E-state index in [0.717, 1.165) is 24.2 Å². The van der Waals surface area contributed by atoms with Crippen molar-refractivity contribution in [3.05, 3.63) is 35.4 Å². The van der Waals surface area contributed by atoms with Crippen LogP contribution in [0.5, 0.6) is 0 Å². The molecule has 0 fully saturated rings. The Balaban J connectivity index is 2.57. The zero-order valence-corrected chi connectivity index (χ0v) is 13.3. The van der Waals surface area contributed by atoms with Crippen molar-refractivity contribution in [2.75, 3.05) is 25.6 Å². The minimum Gasteiger partial charge on any atom is -0.295 e. The Hall–Kier alpha value is -0.800. The maximum atomic E-state index is 12.2. The molecule has 0 saturated heterocycles. The van der Waals surface area contributed by atoms with Crippen molar-refractivity contribution in [2.45, 2.75) is 32.7 Å². The molecule has 0 radical (unpaired) electrons. The Morgan fingerprint density at radius 2 is 1.95 bits per heavy atom. The summed E-state index contributed by atoms with van der Waals surface area (Å²) < 4.78 is 0. The number of hydrogen-bond acceptors (Lipinski definition) is 3. The van der Waals surface area contributed by atoms with E-state index in [1.807, 2.05) is 30.9 Å². The lowest BCUT2D eigenvalue weighted by Gasteiger charge is -2.23. The summed E-state index contributed by atoms with van der Waals surface area (Å²) in [5.74, 6) is 1.26. The van der Waals surface area contributed by atoms with Crippen LogP contribution in [0.4, 0.5) is 0 Å². The smallest absolute Gasteiger partial charge is 0.176 e. The van der Waals surface area contributed by atoms with Crippen molar-refractivity contribution in [3.63, 3.8) is 0 Å². The first kappa shape index (κ1) is 16.3. The van der Waals surface area contributed by atoms with Crippen LogP contribution in [-0.4, -0.2) is 42.3 Å². The van der Waals surface area contributed by atoms with Crippen LogP contribution in [0.3, 0.4) is 0 Å². The monoisotopic (exact) mass is 279 g/mol. The van der Waals surface area contributed by atoms with Gasteiger partial charge >= 0.3 is 0 Å². The van der Waals surface area contributed by atoms with E-state index in [1.165, 1.54) is 5.56 Å². The number of nitrogens with zero attached hydrogens (tertiary/aromatic N) is 1. The number of likely N-dealkylation sites (N-methyl/N-ethyl adjacent to an activating group) is 1. The Morgan fingerprint density at radius 1 is 1.32 bits per heavy atom. The van der Waals surface area contributed by atoms with E-state index < -0.39 is 0 Å². The molecule has 1 aromatic carbocycles. The number of carbonyl (C=O) groups is 1. The average molecular weight is 279 g/mol. The summed E-state index contributed by atoms with van der Waals surface area (Å²) in [5, 5.41) is 0. The summed E-state index contributed by atoms with van der Waals surface area (Å²) >= 11 is 1.82. The predicted molar refractivity (Wildman–Crippen MR) is 85.2 cm³/mol. The molecule has 106 valence electrons. The van der Waals surface area contributed by atoms with Gasteiger partial charge in [0.25, 0.3) is 0 Å². The third-order valence-electron chi connectivity index (χ3n) is 3.37. The van der Waals surface area contributed by atoms with Crippen molar-refractivity contribution in [1.29, 1.82) is 0 Å². The van der Waals surface area contributed by atoms with Gasteiger partial charge in [0.1, 0.15) is 0 Å². The number of ketones is 1. The van der Waals surface area contributed by atoms with Gasteiger partial charge < -0.3 is 0 Å². The standard InChI is InChI=1S/C16H25NOS/c1-5-6-14-7-9-15(10-8-14)16(18)11-17(3)13(2)12-19-4/h7-10,13H,5-6,11-12H2,1-4H3. The molecule has 1 rings (SSSR count). The number of hydrogen-bond donors (Lipinski definition) is 0. The molecule has 0 aromatic heterocycles. The van der Waals surface area contributed by atoms with Crippen LogP contribution in [-0.2, 0) is 6.42 Å². The second-order valence-electron chi connectivity index (χ2n) is 5.09. The van der Waals surface area contributed by atoms with Gasteiger partial charge in [-0.15, -0.1) is 0 Å². The van der Waals surface area contributed by atoms with Crippen molar-refractivity contribution in [1.82, 2.24) is 4.90 Å². The van der Waals surface area contributed by atoms with Crippen molar-refractivity contribution < 1.29 is 4.79 Å². The highest BCUT2D eigenvalue weighted by molar-refractivity contribution is 7.98. The zero-order valence-electron chi connectivity index (χ0n) is 12.5. The molecule has 0 amide bonds. The first-order chi connectivity index (χ1) is 9.08. The summed E-state index contributed by atoms with van der Waals surface area (Å²) in [7, 11) is 2.02. The highest BCUT2D eigenvalue weighted by Gasteiger charge is 2.13. The highest BCUT2D eigenvalue weighted by atomic mass is 32.2. The number of Topliss-reactive ketones (excluding diaryl/α,β-unsaturated/α-hetero) is 1. The number of rotatable bonds is 8.